The van der Waals surface area contributed by atoms with E-state index in [1.54, 1.807) is 0 Å². The summed E-state index contributed by atoms with van der Waals surface area (Å²) in [5.41, 5.74) is 1.81. The van der Waals surface area contributed by atoms with Crippen LogP contribution in [0.4, 0.5) is 0 Å². The summed E-state index contributed by atoms with van der Waals surface area (Å²) in [5.74, 6) is 2.26. The van der Waals surface area contributed by atoms with E-state index in [1.165, 1.54) is 0 Å². The fourth-order valence-corrected chi connectivity index (χ4v) is 2.59. The Kier molecular flexibility index (Phi) is 3.93. The van der Waals surface area contributed by atoms with Crippen molar-refractivity contribution in [1.29, 1.82) is 0 Å². The number of aliphatic hydroxyl groups is 1. The Bertz CT molecular complexity index is 612. The molecule has 0 radical (unpaired) electrons. The first-order chi connectivity index (χ1) is 9.78. The Morgan fingerprint density at radius 2 is 2.05 bits per heavy atom. The summed E-state index contributed by atoms with van der Waals surface area (Å²) in [6.45, 7) is 1.43. The third-order valence-electron chi connectivity index (χ3n) is 3.11. The van der Waals surface area contributed by atoms with Gasteiger partial charge in [0.15, 0.2) is 11.5 Å². The van der Waals surface area contributed by atoms with Crippen molar-refractivity contribution in [3.63, 3.8) is 0 Å². The highest BCUT2D eigenvalue weighted by Crippen LogP contribution is 2.34. The molecule has 6 heteroatoms. The van der Waals surface area contributed by atoms with Crippen molar-refractivity contribution < 1.29 is 14.6 Å². The molecule has 1 aliphatic rings. The van der Waals surface area contributed by atoms with Gasteiger partial charge in [-0.3, -0.25) is 0 Å². The lowest BCUT2D eigenvalue weighted by Crippen LogP contribution is -1.97. The average molecular weight is 339 g/mol. The van der Waals surface area contributed by atoms with Crippen LogP contribution in [0.2, 0.25) is 0 Å². The number of hydrogen-bond acceptors (Lipinski definition) is 4. The van der Waals surface area contributed by atoms with Gasteiger partial charge in [0.05, 0.1) is 18.9 Å². The monoisotopic (exact) mass is 338 g/mol. The lowest BCUT2D eigenvalue weighted by atomic mass is 10.2. The summed E-state index contributed by atoms with van der Waals surface area (Å²) in [6, 6.07) is 5.77. The summed E-state index contributed by atoms with van der Waals surface area (Å²) in [7, 11) is 0. The molecule has 0 atom stereocenters. The number of nitrogens with one attached hydrogen (secondary N) is 1. The van der Waals surface area contributed by atoms with Crippen LogP contribution >= 0.6 is 15.9 Å². The van der Waals surface area contributed by atoms with E-state index in [9.17, 15) is 0 Å². The number of ether oxygens (including phenoxy) is 2. The van der Waals surface area contributed by atoms with Crippen LogP contribution in [-0.4, -0.2) is 34.9 Å². The Hall–Kier alpha value is -1.53. The SMILES string of the molecule is OCCc1[nH]c(-c2ccc3c(c2)OCCCO3)nc1Br. The van der Waals surface area contributed by atoms with E-state index < -0.39 is 0 Å². The molecular weight excluding hydrogens is 324 g/mol. The zero-order chi connectivity index (χ0) is 13.9. The highest BCUT2D eigenvalue weighted by Gasteiger charge is 2.14. The van der Waals surface area contributed by atoms with Gasteiger partial charge >= 0.3 is 0 Å². The number of imidazole rings is 1. The fourth-order valence-electron chi connectivity index (χ4n) is 2.11. The summed E-state index contributed by atoms with van der Waals surface area (Å²) >= 11 is 3.39. The number of aromatic amines is 1. The third kappa shape index (κ3) is 2.66. The van der Waals surface area contributed by atoms with Crippen LogP contribution in [0, 0.1) is 0 Å². The van der Waals surface area contributed by atoms with E-state index in [-0.39, 0.29) is 6.61 Å². The van der Waals surface area contributed by atoms with E-state index >= 15 is 0 Å². The van der Waals surface area contributed by atoms with Crippen molar-refractivity contribution in [2.75, 3.05) is 19.8 Å². The molecule has 3 rings (SSSR count). The van der Waals surface area contributed by atoms with Gasteiger partial charge in [0.25, 0.3) is 0 Å². The number of nitrogens with zero attached hydrogens (tertiary/aromatic N) is 1. The van der Waals surface area contributed by atoms with Crippen LogP contribution in [0.25, 0.3) is 11.4 Å². The van der Waals surface area contributed by atoms with Crippen molar-refractivity contribution in [3.8, 4) is 22.9 Å². The number of halogens is 1. The van der Waals surface area contributed by atoms with Gasteiger partial charge in [0, 0.05) is 25.0 Å². The number of hydrogen-bond donors (Lipinski definition) is 2. The molecule has 20 heavy (non-hydrogen) atoms. The van der Waals surface area contributed by atoms with Crippen molar-refractivity contribution in [2.45, 2.75) is 12.8 Å². The molecule has 0 spiro atoms. The molecule has 1 aliphatic heterocycles. The number of fused-ring (bicyclic) bond motifs is 1. The largest absolute Gasteiger partial charge is 0.490 e. The van der Waals surface area contributed by atoms with E-state index in [4.69, 9.17) is 14.6 Å². The molecule has 2 aromatic rings. The molecular formula is C14H15BrN2O3. The lowest BCUT2D eigenvalue weighted by Gasteiger charge is -2.08. The minimum absolute atomic E-state index is 0.0847. The third-order valence-corrected chi connectivity index (χ3v) is 3.77. The first-order valence-electron chi connectivity index (χ1n) is 6.53. The first kappa shape index (κ1) is 13.5. The van der Waals surface area contributed by atoms with Gasteiger partial charge in [-0.15, -0.1) is 0 Å². The van der Waals surface area contributed by atoms with Crippen LogP contribution in [0.15, 0.2) is 22.8 Å². The maximum atomic E-state index is 9.01. The van der Waals surface area contributed by atoms with Gasteiger partial charge in [-0.05, 0) is 34.1 Å². The normalized spacial score (nSPS) is 14.1. The van der Waals surface area contributed by atoms with Crippen LogP contribution in [0.5, 0.6) is 11.5 Å². The number of aromatic nitrogens is 2. The Labute approximate surface area is 125 Å². The Balaban J connectivity index is 1.94. The molecule has 106 valence electrons. The Morgan fingerprint density at radius 1 is 1.25 bits per heavy atom. The van der Waals surface area contributed by atoms with Gasteiger partial charge in [0.2, 0.25) is 0 Å². The Morgan fingerprint density at radius 3 is 2.85 bits per heavy atom. The van der Waals surface area contributed by atoms with Gasteiger partial charge in [0.1, 0.15) is 10.4 Å². The molecule has 0 aliphatic carbocycles. The molecule has 1 aromatic carbocycles. The summed E-state index contributed by atoms with van der Waals surface area (Å²) in [4.78, 5) is 7.63. The number of rotatable bonds is 3. The predicted octanol–water partition coefficient (Wildman–Crippen LogP) is 2.54. The van der Waals surface area contributed by atoms with E-state index in [0.29, 0.717) is 19.6 Å². The van der Waals surface area contributed by atoms with Crippen LogP contribution < -0.4 is 9.47 Å². The predicted molar refractivity (Wildman–Crippen MR) is 78.1 cm³/mol. The summed E-state index contributed by atoms with van der Waals surface area (Å²) in [5, 5.41) is 9.01. The quantitative estimate of drug-likeness (QED) is 0.902. The van der Waals surface area contributed by atoms with E-state index in [2.05, 4.69) is 25.9 Å². The molecule has 2 N–H and O–H groups in total. The number of H-pyrrole nitrogens is 1. The zero-order valence-electron chi connectivity index (χ0n) is 10.9. The second kappa shape index (κ2) is 5.85. The summed E-state index contributed by atoms with van der Waals surface area (Å²) < 4.78 is 12.0. The molecule has 0 fully saturated rings. The van der Waals surface area contributed by atoms with Crippen molar-refractivity contribution in [1.82, 2.24) is 9.97 Å². The van der Waals surface area contributed by atoms with Crippen molar-refractivity contribution >= 4 is 15.9 Å². The highest BCUT2D eigenvalue weighted by molar-refractivity contribution is 9.10. The molecule has 0 bridgehead atoms. The summed E-state index contributed by atoms with van der Waals surface area (Å²) in [6.07, 6.45) is 1.43. The fraction of sp³-hybridized carbons (Fsp3) is 0.357. The topological polar surface area (TPSA) is 67.4 Å². The van der Waals surface area contributed by atoms with Crippen LogP contribution in [0.1, 0.15) is 12.1 Å². The second-order valence-electron chi connectivity index (χ2n) is 4.54. The van der Waals surface area contributed by atoms with Crippen molar-refractivity contribution in [2.24, 2.45) is 0 Å². The van der Waals surface area contributed by atoms with Crippen LogP contribution in [-0.2, 0) is 6.42 Å². The first-order valence-corrected chi connectivity index (χ1v) is 7.32. The highest BCUT2D eigenvalue weighted by atomic mass is 79.9. The minimum Gasteiger partial charge on any atom is -0.490 e. The van der Waals surface area contributed by atoms with E-state index in [1.807, 2.05) is 18.2 Å². The number of aliphatic hydroxyl groups excluding tert-OH is 1. The maximum absolute atomic E-state index is 9.01. The zero-order valence-corrected chi connectivity index (χ0v) is 12.4. The molecule has 1 aromatic heterocycles. The van der Waals surface area contributed by atoms with Crippen molar-refractivity contribution in [3.05, 3.63) is 28.5 Å². The van der Waals surface area contributed by atoms with Crippen LogP contribution in [0.3, 0.4) is 0 Å². The van der Waals surface area contributed by atoms with Gasteiger partial charge in [-0.25, -0.2) is 4.98 Å². The molecule has 0 saturated carbocycles. The maximum Gasteiger partial charge on any atom is 0.161 e. The lowest BCUT2D eigenvalue weighted by molar-refractivity contribution is 0.297. The molecule has 0 unspecified atom stereocenters. The van der Waals surface area contributed by atoms with E-state index in [0.717, 1.165) is 39.6 Å². The average Bonchev–Trinajstić information content (AvgIpc) is 2.69. The minimum atomic E-state index is 0.0847. The molecule has 5 nitrogen and oxygen atoms in total. The second-order valence-corrected chi connectivity index (χ2v) is 5.29. The number of benzene rings is 1. The smallest absolute Gasteiger partial charge is 0.161 e. The van der Waals surface area contributed by atoms with Gasteiger partial charge in [-0.2, -0.15) is 0 Å². The van der Waals surface area contributed by atoms with Gasteiger partial charge < -0.3 is 19.6 Å². The molecule has 0 amide bonds. The standard InChI is InChI=1S/C14H15BrN2O3/c15-13-10(4-5-18)16-14(17-13)9-2-3-11-12(8-9)20-7-1-6-19-11/h2-3,8,18H,1,4-7H2,(H,16,17). The molecule has 2 heterocycles. The molecule has 0 saturated heterocycles. The van der Waals surface area contributed by atoms with Gasteiger partial charge in [-0.1, -0.05) is 0 Å².